The quantitative estimate of drug-likeness (QED) is 0.167. The van der Waals surface area contributed by atoms with Gasteiger partial charge in [-0.05, 0) is 26.2 Å². The second kappa shape index (κ2) is 12.3. The molecule has 146 valence electrons. The molecule has 9 nitrogen and oxygen atoms in total. The molecular weight excluding hydrogens is 340 g/mol. The van der Waals surface area contributed by atoms with Crippen LogP contribution in [0.1, 0.15) is 45.4 Å². The summed E-state index contributed by atoms with van der Waals surface area (Å²) in [6.07, 6.45) is 4.71. The molecule has 0 aliphatic heterocycles. The third kappa shape index (κ3) is 8.33. The fourth-order valence-electron chi connectivity index (χ4n) is 2.71. The van der Waals surface area contributed by atoms with Crippen LogP contribution in [0.3, 0.4) is 0 Å². The average molecular weight is 368 g/mol. The van der Waals surface area contributed by atoms with Crippen molar-refractivity contribution in [3.63, 3.8) is 0 Å². The molecule has 1 aliphatic carbocycles. The van der Waals surface area contributed by atoms with Crippen LogP contribution in [0.15, 0.2) is 0 Å². The Bertz CT molecular complexity index is 527. The topological polar surface area (TPSA) is 130 Å². The number of ether oxygens (including phenoxy) is 2. The maximum atomic E-state index is 12.3. The first-order chi connectivity index (χ1) is 12.5. The van der Waals surface area contributed by atoms with E-state index in [9.17, 15) is 14.4 Å². The molecule has 1 rings (SSSR count). The summed E-state index contributed by atoms with van der Waals surface area (Å²) in [5, 5.41) is 5.86. The first kappa shape index (κ1) is 22.0. The van der Waals surface area contributed by atoms with Gasteiger partial charge in [0.1, 0.15) is 18.8 Å². The van der Waals surface area contributed by atoms with Gasteiger partial charge >= 0.3 is 12.2 Å². The molecule has 0 aromatic carbocycles. The molecule has 26 heavy (non-hydrogen) atoms. The van der Waals surface area contributed by atoms with E-state index in [0.717, 1.165) is 19.1 Å². The van der Waals surface area contributed by atoms with Crippen LogP contribution in [0.4, 0.5) is 0 Å². The minimum Gasteiger partial charge on any atom is -0.463 e. The van der Waals surface area contributed by atoms with Gasteiger partial charge in [-0.3, -0.25) is 9.59 Å². The van der Waals surface area contributed by atoms with E-state index >= 15 is 0 Å². The zero-order valence-electron chi connectivity index (χ0n) is 15.4. The minimum atomic E-state index is -0.970. The van der Waals surface area contributed by atoms with Crippen LogP contribution < -0.4 is 10.6 Å². The number of Topliss-reactive ketones (excluding diaryl/α,β-unsaturated/α-hetero) is 1. The summed E-state index contributed by atoms with van der Waals surface area (Å²) in [6, 6.07) is -0.496. The predicted molar refractivity (Wildman–Crippen MR) is 93.5 cm³/mol. The van der Waals surface area contributed by atoms with E-state index in [1.807, 2.05) is 0 Å². The second-order valence-corrected chi connectivity index (χ2v) is 6.29. The number of nitrogens with one attached hydrogen (secondary N) is 2. The fourth-order valence-corrected chi connectivity index (χ4v) is 2.71. The number of nitrogens with zero attached hydrogens (tertiary/aromatic N) is 2. The Morgan fingerprint density at radius 2 is 2.00 bits per heavy atom. The third-order valence-corrected chi connectivity index (χ3v) is 4.34. The van der Waals surface area contributed by atoms with Gasteiger partial charge in [0.15, 0.2) is 0 Å². The molecule has 2 N–H and O–H groups in total. The van der Waals surface area contributed by atoms with E-state index in [2.05, 4.69) is 15.4 Å². The van der Waals surface area contributed by atoms with Gasteiger partial charge in [0.25, 0.3) is 0 Å². The first-order valence-electron chi connectivity index (χ1n) is 8.91. The maximum Gasteiger partial charge on any atom is 0.328 e. The van der Waals surface area contributed by atoms with Gasteiger partial charge in [-0.15, -0.1) is 0 Å². The molecule has 0 aromatic heterocycles. The Hall–Kier alpha value is -2.09. The monoisotopic (exact) mass is 368 g/mol. The molecule has 0 spiro atoms. The highest BCUT2D eigenvalue weighted by Crippen LogP contribution is 2.17. The SMILES string of the molecule is CO[C@H](C)C(=O)N[C@@H](CCC(=O)C=[N+]=[N-])C(=O)OCCNC1CCCC1. The average Bonchev–Trinajstić information content (AvgIpc) is 3.14. The Kier molecular flexibility index (Phi) is 10.4. The van der Waals surface area contributed by atoms with Crippen molar-refractivity contribution in [2.75, 3.05) is 20.3 Å². The summed E-state index contributed by atoms with van der Waals surface area (Å²) in [5.41, 5.74) is 8.36. The van der Waals surface area contributed by atoms with Gasteiger partial charge in [-0.25, -0.2) is 4.79 Å². The number of esters is 1. The van der Waals surface area contributed by atoms with Crippen molar-refractivity contribution < 1.29 is 28.6 Å². The number of rotatable bonds is 12. The van der Waals surface area contributed by atoms with Gasteiger partial charge in [0.2, 0.25) is 11.7 Å². The van der Waals surface area contributed by atoms with Gasteiger partial charge in [0.05, 0.1) is 0 Å². The lowest BCUT2D eigenvalue weighted by atomic mass is 10.1. The van der Waals surface area contributed by atoms with Crippen LogP contribution in [0.5, 0.6) is 0 Å². The molecule has 0 radical (unpaired) electrons. The summed E-state index contributed by atoms with van der Waals surface area (Å²) in [6.45, 7) is 2.28. The number of carbonyl (C=O) groups excluding carboxylic acids is 3. The highest BCUT2D eigenvalue weighted by atomic mass is 16.5. The molecule has 1 fully saturated rings. The van der Waals surface area contributed by atoms with Gasteiger partial charge in [-0.2, -0.15) is 4.79 Å². The van der Waals surface area contributed by atoms with Crippen molar-refractivity contribution in [3.05, 3.63) is 5.53 Å². The highest BCUT2D eigenvalue weighted by molar-refractivity contribution is 6.25. The molecule has 0 unspecified atom stereocenters. The number of amides is 1. The lowest BCUT2D eigenvalue weighted by Crippen LogP contribution is -2.46. The Morgan fingerprint density at radius 1 is 1.31 bits per heavy atom. The number of carbonyl (C=O) groups is 3. The van der Waals surface area contributed by atoms with E-state index in [4.69, 9.17) is 15.0 Å². The van der Waals surface area contributed by atoms with Crippen LogP contribution in [0.2, 0.25) is 0 Å². The molecule has 0 aromatic rings. The normalized spacial score (nSPS) is 16.4. The van der Waals surface area contributed by atoms with E-state index in [0.29, 0.717) is 12.6 Å². The number of ketones is 1. The van der Waals surface area contributed by atoms with Crippen LogP contribution in [-0.4, -0.2) is 67.1 Å². The summed E-state index contributed by atoms with van der Waals surface area (Å²) >= 11 is 0. The van der Waals surface area contributed by atoms with Crippen LogP contribution >= 0.6 is 0 Å². The van der Waals surface area contributed by atoms with Gasteiger partial charge < -0.3 is 25.6 Å². The van der Waals surface area contributed by atoms with Gasteiger partial charge in [-0.1, -0.05) is 12.8 Å². The molecule has 0 saturated heterocycles. The zero-order valence-corrected chi connectivity index (χ0v) is 15.4. The molecule has 0 heterocycles. The summed E-state index contributed by atoms with van der Waals surface area (Å²) in [4.78, 5) is 38.3. The van der Waals surface area contributed by atoms with E-state index in [-0.39, 0.29) is 19.4 Å². The van der Waals surface area contributed by atoms with E-state index < -0.39 is 29.8 Å². The molecule has 1 aliphatic rings. The van der Waals surface area contributed by atoms with Crippen molar-refractivity contribution in [2.45, 2.75) is 63.6 Å². The smallest absolute Gasteiger partial charge is 0.328 e. The van der Waals surface area contributed by atoms with Crippen molar-refractivity contribution in [1.82, 2.24) is 10.6 Å². The largest absolute Gasteiger partial charge is 0.463 e. The van der Waals surface area contributed by atoms with E-state index in [1.54, 1.807) is 6.92 Å². The Balaban J connectivity index is 2.48. The predicted octanol–water partition coefficient (Wildman–Crippen LogP) is 0.231. The van der Waals surface area contributed by atoms with Crippen molar-refractivity contribution in [2.24, 2.45) is 0 Å². The molecule has 0 bridgehead atoms. The minimum absolute atomic E-state index is 0.0436. The van der Waals surface area contributed by atoms with Crippen molar-refractivity contribution in [1.29, 1.82) is 0 Å². The van der Waals surface area contributed by atoms with Crippen LogP contribution in [-0.2, 0) is 23.9 Å². The molecule has 1 saturated carbocycles. The highest BCUT2D eigenvalue weighted by Gasteiger charge is 2.25. The van der Waals surface area contributed by atoms with E-state index in [1.165, 1.54) is 20.0 Å². The van der Waals surface area contributed by atoms with Crippen molar-refractivity contribution >= 4 is 23.9 Å². The Labute approximate surface area is 153 Å². The molecule has 2 atom stereocenters. The lowest BCUT2D eigenvalue weighted by Gasteiger charge is -2.19. The standard InChI is InChI=1S/C17H28N4O5/c1-12(25-2)16(23)21-15(8-7-14(22)11-20-18)17(24)26-10-9-19-13-5-3-4-6-13/h11-13,15,19H,3-10H2,1-2H3,(H,21,23)/t12-,15+/m1/s1. The maximum absolute atomic E-state index is 12.3. The third-order valence-electron chi connectivity index (χ3n) is 4.34. The van der Waals surface area contributed by atoms with Crippen molar-refractivity contribution in [3.8, 4) is 0 Å². The van der Waals surface area contributed by atoms with Crippen LogP contribution in [0, 0.1) is 0 Å². The first-order valence-corrected chi connectivity index (χ1v) is 8.91. The molecule has 1 amide bonds. The molecule has 9 heteroatoms. The second-order valence-electron chi connectivity index (χ2n) is 6.29. The Morgan fingerprint density at radius 3 is 2.62 bits per heavy atom. The number of hydrogen-bond donors (Lipinski definition) is 2. The van der Waals surface area contributed by atoms with Gasteiger partial charge in [0, 0.05) is 26.1 Å². The van der Waals surface area contributed by atoms with Crippen LogP contribution in [0.25, 0.3) is 5.53 Å². The fraction of sp³-hybridized carbons (Fsp3) is 0.765. The number of methoxy groups -OCH3 is 1. The summed E-state index contributed by atoms with van der Waals surface area (Å²) in [7, 11) is 1.38. The molecular formula is C17H28N4O5. The summed E-state index contributed by atoms with van der Waals surface area (Å²) in [5.74, 6) is -1.53. The number of hydrogen-bond acceptors (Lipinski definition) is 6. The zero-order chi connectivity index (χ0) is 19.4. The lowest BCUT2D eigenvalue weighted by molar-refractivity contribution is -0.149. The summed E-state index contributed by atoms with van der Waals surface area (Å²) < 4.78 is 10.1.